The maximum atomic E-state index is 13.1. The number of methoxy groups -OCH3 is 1. The Balaban J connectivity index is 1.60. The van der Waals surface area contributed by atoms with Crippen LogP contribution in [0.5, 0.6) is 5.75 Å². The number of carbonyl (C=O) groups excluding carboxylic acids is 2. The van der Waals surface area contributed by atoms with E-state index < -0.39 is 0 Å². The minimum absolute atomic E-state index is 0.0706. The average Bonchev–Trinajstić information content (AvgIpc) is 2.80. The molecular weight excluding hydrogens is 376 g/mol. The summed E-state index contributed by atoms with van der Waals surface area (Å²) in [5.41, 5.74) is 4.24. The van der Waals surface area contributed by atoms with Gasteiger partial charge in [0, 0.05) is 29.9 Å². The van der Waals surface area contributed by atoms with Gasteiger partial charge in [-0.25, -0.2) is 0 Å². The maximum Gasteiger partial charge on any atom is 0.258 e. The van der Waals surface area contributed by atoms with Gasteiger partial charge in [-0.15, -0.1) is 0 Å². The van der Waals surface area contributed by atoms with E-state index >= 15 is 0 Å². The highest BCUT2D eigenvalue weighted by atomic mass is 16.5. The van der Waals surface area contributed by atoms with Gasteiger partial charge in [0.15, 0.2) is 0 Å². The van der Waals surface area contributed by atoms with Crippen LogP contribution in [-0.2, 0) is 11.2 Å². The summed E-state index contributed by atoms with van der Waals surface area (Å²) in [5, 5.41) is 0. The summed E-state index contributed by atoms with van der Waals surface area (Å²) in [7, 11) is 1.62. The van der Waals surface area contributed by atoms with Crippen LogP contribution >= 0.6 is 0 Å². The molecule has 0 unspecified atom stereocenters. The molecule has 0 fully saturated rings. The van der Waals surface area contributed by atoms with E-state index in [1.165, 1.54) is 0 Å². The maximum absolute atomic E-state index is 13.1. The van der Waals surface area contributed by atoms with Crippen LogP contribution in [0.15, 0.2) is 72.8 Å². The van der Waals surface area contributed by atoms with Crippen LogP contribution in [0.25, 0.3) is 0 Å². The summed E-state index contributed by atoms with van der Waals surface area (Å²) in [6.07, 6.45) is 1.24. The Labute approximate surface area is 176 Å². The SMILES string of the molecule is CCN(C(=O)c1ccc(N2C(=O)CCc3ccccc32)cc1)c1ccc(OC)cc1. The van der Waals surface area contributed by atoms with Crippen LogP contribution in [0.4, 0.5) is 17.1 Å². The molecule has 0 saturated carbocycles. The molecular formula is C25H24N2O3. The minimum Gasteiger partial charge on any atom is -0.497 e. The number of hydrogen-bond donors (Lipinski definition) is 0. The lowest BCUT2D eigenvalue weighted by Crippen LogP contribution is -2.31. The first-order chi connectivity index (χ1) is 14.6. The topological polar surface area (TPSA) is 49.9 Å². The zero-order valence-electron chi connectivity index (χ0n) is 17.2. The fourth-order valence-corrected chi connectivity index (χ4v) is 3.83. The van der Waals surface area contributed by atoms with Gasteiger partial charge in [-0.2, -0.15) is 0 Å². The van der Waals surface area contributed by atoms with Crippen molar-refractivity contribution in [2.45, 2.75) is 19.8 Å². The van der Waals surface area contributed by atoms with Gasteiger partial charge in [0.05, 0.1) is 12.8 Å². The molecule has 0 aliphatic carbocycles. The Hall–Kier alpha value is -3.60. The highest BCUT2D eigenvalue weighted by Crippen LogP contribution is 2.34. The number of nitrogens with zero attached hydrogens (tertiary/aromatic N) is 2. The second kappa shape index (κ2) is 8.41. The summed E-state index contributed by atoms with van der Waals surface area (Å²) < 4.78 is 5.20. The number of ether oxygens (including phenoxy) is 1. The summed E-state index contributed by atoms with van der Waals surface area (Å²) in [5.74, 6) is 0.735. The van der Waals surface area contributed by atoms with Crippen LogP contribution in [0.3, 0.4) is 0 Å². The van der Waals surface area contributed by atoms with E-state index in [-0.39, 0.29) is 11.8 Å². The molecule has 2 amide bonds. The van der Waals surface area contributed by atoms with Crippen molar-refractivity contribution in [2.24, 2.45) is 0 Å². The van der Waals surface area contributed by atoms with Crippen molar-refractivity contribution < 1.29 is 14.3 Å². The van der Waals surface area contributed by atoms with Gasteiger partial charge in [-0.3, -0.25) is 14.5 Å². The highest BCUT2D eigenvalue weighted by molar-refractivity contribution is 6.07. The molecule has 5 nitrogen and oxygen atoms in total. The third kappa shape index (κ3) is 3.66. The number of anilines is 3. The van der Waals surface area contributed by atoms with Crippen LogP contribution < -0.4 is 14.5 Å². The van der Waals surface area contributed by atoms with Gasteiger partial charge < -0.3 is 9.64 Å². The molecule has 0 atom stereocenters. The summed E-state index contributed by atoms with van der Waals surface area (Å²) in [6, 6.07) is 22.6. The second-order valence-corrected chi connectivity index (χ2v) is 7.15. The molecule has 4 rings (SSSR count). The number of benzene rings is 3. The smallest absolute Gasteiger partial charge is 0.258 e. The summed E-state index contributed by atoms with van der Waals surface area (Å²) >= 11 is 0. The van der Waals surface area contributed by atoms with E-state index in [4.69, 9.17) is 4.74 Å². The molecule has 0 N–H and O–H groups in total. The standard InChI is InChI=1S/C25H24N2O3/c1-3-26(20-13-15-22(30-2)16-14-20)25(29)19-8-11-21(12-9-19)27-23-7-5-4-6-18(23)10-17-24(27)28/h4-9,11-16H,3,10,17H2,1-2H3. The molecule has 1 aliphatic heterocycles. The van der Waals surface area contributed by atoms with Crippen molar-refractivity contribution in [2.75, 3.05) is 23.5 Å². The number of fused-ring (bicyclic) bond motifs is 1. The second-order valence-electron chi connectivity index (χ2n) is 7.15. The Bertz CT molecular complexity index is 1060. The number of amides is 2. The molecule has 30 heavy (non-hydrogen) atoms. The fourth-order valence-electron chi connectivity index (χ4n) is 3.83. The monoisotopic (exact) mass is 400 g/mol. The molecule has 5 heteroatoms. The van der Waals surface area contributed by atoms with Gasteiger partial charge in [-0.05, 0) is 73.5 Å². The lowest BCUT2D eigenvalue weighted by atomic mass is 10.0. The van der Waals surface area contributed by atoms with E-state index in [1.54, 1.807) is 29.0 Å². The van der Waals surface area contributed by atoms with Crippen molar-refractivity contribution in [3.63, 3.8) is 0 Å². The third-order valence-corrected chi connectivity index (χ3v) is 5.41. The van der Waals surface area contributed by atoms with Crippen molar-refractivity contribution in [3.05, 3.63) is 83.9 Å². The Morgan fingerprint density at radius 3 is 2.33 bits per heavy atom. The fraction of sp³-hybridized carbons (Fsp3) is 0.200. The first-order valence-electron chi connectivity index (χ1n) is 10.1. The molecule has 3 aromatic carbocycles. The van der Waals surface area contributed by atoms with Crippen molar-refractivity contribution in [1.82, 2.24) is 0 Å². The van der Waals surface area contributed by atoms with Gasteiger partial charge in [0.25, 0.3) is 5.91 Å². The molecule has 1 aliphatic rings. The average molecular weight is 400 g/mol. The Morgan fingerprint density at radius 2 is 1.67 bits per heavy atom. The van der Waals surface area contributed by atoms with E-state index in [0.29, 0.717) is 18.5 Å². The van der Waals surface area contributed by atoms with Gasteiger partial charge in [0.1, 0.15) is 5.75 Å². The van der Waals surface area contributed by atoms with E-state index in [0.717, 1.165) is 34.8 Å². The van der Waals surface area contributed by atoms with E-state index in [1.807, 2.05) is 61.5 Å². The number of carbonyl (C=O) groups is 2. The number of para-hydroxylation sites is 1. The number of hydrogen-bond acceptors (Lipinski definition) is 3. The van der Waals surface area contributed by atoms with Crippen LogP contribution in [0.2, 0.25) is 0 Å². The third-order valence-electron chi connectivity index (χ3n) is 5.41. The molecule has 1 heterocycles. The zero-order chi connectivity index (χ0) is 21.1. The first kappa shape index (κ1) is 19.7. The van der Waals surface area contributed by atoms with Gasteiger partial charge >= 0.3 is 0 Å². The first-order valence-corrected chi connectivity index (χ1v) is 10.1. The molecule has 0 spiro atoms. The molecule has 0 bridgehead atoms. The number of rotatable bonds is 5. The zero-order valence-corrected chi connectivity index (χ0v) is 17.2. The minimum atomic E-state index is -0.0837. The normalized spacial score (nSPS) is 13.0. The van der Waals surface area contributed by atoms with E-state index in [2.05, 4.69) is 6.07 Å². The number of aryl methyl sites for hydroxylation is 1. The van der Waals surface area contributed by atoms with Crippen LogP contribution in [-0.4, -0.2) is 25.5 Å². The van der Waals surface area contributed by atoms with Crippen LogP contribution in [0, 0.1) is 0 Å². The summed E-state index contributed by atoms with van der Waals surface area (Å²) in [4.78, 5) is 29.2. The van der Waals surface area contributed by atoms with Crippen molar-refractivity contribution >= 4 is 28.9 Å². The Kier molecular flexibility index (Phi) is 5.53. The van der Waals surface area contributed by atoms with Crippen LogP contribution in [0.1, 0.15) is 29.3 Å². The Morgan fingerprint density at radius 1 is 0.967 bits per heavy atom. The molecule has 3 aromatic rings. The highest BCUT2D eigenvalue weighted by Gasteiger charge is 2.25. The largest absolute Gasteiger partial charge is 0.497 e. The van der Waals surface area contributed by atoms with Crippen molar-refractivity contribution in [1.29, 1.82) is 0 Å². The predicted molar refractivity (Wildman–Crippen MR) is 119 cm³/mol. The van der Waals surface area contributed by atoms with Gasteiger partial charge in [-0.1, -0.05) is 18.2 Å². The van der Waals surface area contributed by atoms with Crippen molar-refractivity contribution in [3.8, 4) is 5.75 Å². The lowest BCUT2D eigenvalue weighted by molar-refractivity contribution is -0.118. The molecule has 0 saturated heterocycles. The quantitative estimate of drug-likeness (QED) is 0.607. The molecule has 152 valence electrons. The predicted octanol–water partition coefficient (Wildman–Crippen LogP) is 4.97. The van der Waals surface area contributed by atoms with Gasteiger partial charge in [0.2, 0.25) is 5.91 Å². The summed E-state index contributed by atoms with van der Waals surface area (Å²) in [6.45, 7) is 2.49. The molecule has 0 aromatic heterocycles. The van der Waals surface area contributed by atoms with E-state index in [9.17, 15) is 9.59 Å². The molecule has 0 radical (unpaired) electrons. The lowest BCUT2D eigenvalue weighted by Gasteiger charge is -2.29.